The lowest BCUT2D eigenvalue weighted by molar-refractivity contribution is -0.384. The molecular formula is C9H8BrClN2O3. The Morgan fingerprint density at radius 1 is 1.62 bits per heavy atom. The maximum atomic E-state index is 10.9. The van der Waals surface area contributed by atoms with Crippen molar-refractivity contribution < 1.29 is 9.72 Å². The highest BCUT2D eigenvalue weighted by Crippen LogP contribution is 2.39. The average molecular weight is 308 g/mol. The summed E-state index contributed by atoms with van der Waals surface area (Å²) in [5, 5.41) is 13.4. The Kier molecular flexibility index (Phi) is 3.88. The van der Waals surface area contributed by atoms with Gasteiger partial charge in [-0.15, -0.1) is 0 Å². The third-order valence-corrected chi connectivity index (χ3v) is 3.05. The second kappa shape index (κ2) is 4.80. The minimum absolute atomic E-state index is 0.0277. The van der Waals surface area contributed by atoms with Crippen LogP contribution in [0, 0.1) is 17.0 Å². The van der Waals surface area contributed by atoms with E-state index in [1.807, 2.05) is 0 Å². The summed E-state index contributed by atoms with van der Waals surface area (Å²) in [4.78, 5) is 21.3. The van der Waals surface area contributed by atoms with E-state index in [-0.39, 0.29) is 16.4 Å². The predicted octanol–water partition coefficient (Wildman–Crippen LogP) is 3.28. The Bertz CT molecular complexity index is 476. The summed E-state index contributed by atoms with van der Waals surface area (Å²) in [5.41, 5.74) is 0.243. The van der Waals surface area contributed by atoms with Crippen molar-refractivity contribution in [3.8, 4) is 0 Å². The summed E-state index contributed by atoms with van der Waals surface area (Å²) in [6.07, 6.45) is 0. The van der Waals surface area contributed by atoms with Crippen molar-refractivity contribution in [1.82, 2.24) is 0 Å². The number of carbonyl (C=O) groups is 1. The van der Waals surface area contributed by atoms with Crippen molar-refractivity contribution in [1.29, 1.82) is 0 Å². The summed E-state index contributed by atoms with van der Waals surface area (Å²) in [6, 6.07) is 1.51. The van der Waals surface area contributed by atoms with E-state index < -0.39 is 10.8 Å². The molecule has 7 heteroatoms. The van der Waals surface area contributed by atoms with E-state index in [1.54, 1.807) is 6.92 Å². The molecule has 0 heterocycles. The Hall–Kier alpha value is -1.14. The predicted molar refractivity (Wildman–Crippen MR) is 64.8 cm³/mol. The second-order valence-electron chi connectivity index (χ2n) is 3.13. The van der Waals surface area contributed by atoms with Crippen LogP contribution in [0.4, 0.5) is 11.4 Å². The molecule has 0 aliphatic carbocycles. The minimum Gasteiger partial charge on any atom is -0.319 e. The van der Waals surface area contributed by atoms with E-state index in [0.717, 1.165) is 0 Å². The molecule has 0 saturated carbocycles. The fraction of sp³-hybridized carbons (Fsp3) is 0.222. The molecule has 1 amide bonds. The van der Waals surface area contributed by atoms with Crippen molar-refractivity contribution in [3.05, 3.63) is 31.2 Å². The van der Waals surface area contributed by atoms with Crippen LogP contribution >= 0.6 is 27.5 Å². The van der Waals surface area contributed by atoms with Gasteiger partial charge in [-0.05, 0) is 13.0 Å². The van der Waals surface area contributed by atoms with Crippen molar-refractivity contribution in [2.24, 2.45) is 0 Å². The van der Waals surface area contributed by atoms with E-state index in [0.29, 0.717) is 10.0 Å². The number of nitrogens with one attached hydrogen (secondary N) is 1. The van der Waals surface area contributed by atoms with Crippen molar-refractivity contribution >= 4 is 44.8 Å². The zero-order valence-electron chi connectivity index (χ0n) is 8.51. The van der Waals surface area contributed by atoms with Gasteiger partial charge in [0.1, 0.15) is 5.69 Å². The molecule has 0 unspecified atom stereocenters. The van der Waals surface area contributed by atoms with Crippen LogP contribution in [0.25, 0.3) is 0 Å². The van der Waals surface area contributed by atoms with Gasteiger partial charge in [-0.3, -0.25) is 14.9 Å². The first kappa shape index (κ1) is 12.9. The van der Waals surface area contributed by atoms with Crippen LogP contribution in [-0.2, 0) is 4.79 Å². The first-order valence-corrected chi connectivity index (χ1v) is 5.42. The summed E-state index contributed by atoms with van der Waals surface area (Å²) in [5.74, 6) is -0.410. The molecular weight excluding hydrogens is 299 g/mol. The highest BCUT2D eigenvalue weighted by atomic mass is 79.9. The Labute approximate surface area is 105 Å². The topological polar surface area (TPSA) is 72.2 Å². The van der Waals surface area contributed by atoms with Gasteiger partial charge in [0.15, 0.2) is 0 Å². The van der Waals surface area contributed by atoms with Crippen LogP contribution in [0.1, 0.15) is 12.5 Å². The third-order valence-electron chi connectivity index (χ3n) is 1.93. The van der Waals surface area contributed by atoms with Crippen molar-refractivity contribution in [3.63, 3.8) is 0 Å². The molecule has 0 aliphatic heterocycles. The molecule has 0 fully saturated rings. The molecule has 0 aliphatic rings. The highest BCUT2D eigenvalue weighted by molar-refractivity contribution is 9.10. The average Bonchev–Trinajstić information content (AvgIpc) is 2.13. The number of halogens is 2. The highest BCUT2D eigenvalue weighted by Gasteiger charge is 2.23. The largest absolute Gasteiger partial charge is 0.319 e. The summed E-state index contributed by atoms with van der Waals surface area (Å²) >= 11 is 9.01. The lowest BCUT2D eigenvalue weighted by atomic mass is 10.1. The normalized spacial score (nSPS) is 10.0. The molecule has 0 atom stereocenters. The molecule has 0 spiro atoms. The Morgan fingerprint density at radius 2 is 2.19 bits per heavy atom. The lowest BCUT2D eigenvalue weighted by Crippen LogP contribution is -2.09. The van der Waals surface area contributed by atoms with Crippen LogP contribution in [0.5, 0.6) is 0 Å². The van der Waals surface area contributed by atoms with E-state index in [9.17, 15) is 14.9 Å². The van der Waals surface area contributed by atoms with Crippen LogP contribution in [-0.4, -0.2) is 10.8 Å². The van der Waals surface area contributed by atoms with Gasteiger partial charge in [-0.1, -0.05) is 27.5 Å². The first-order valence-electron chi connectivity index (χ1n) is 4.25. The van der Waals surface area contributed by atoms with Crippen molar-refractivity contribution in [2.45, 2.75) is 13.8 Å². The molecule has 0 saturated heterocycles. The summed E-state index contributed by atoms with van der Waals surface area (Å²) < 4.78 is 0.526. The molecule has 1 N–H and O–H groups in total. The quantitative estimate of drug-likeness (QED) is 0.673. The maximum absolute atomic E-state index is 10.9. The SMILES string of the molecule is CC(=O)Nc1c(Cl)cc(Br)c(C)c1[N+](=O)[O-]. The standard InChI is InChI=1S/C9H8BrClN2O3/c1-4-6(10)3-7(11)8(12-5(2)14)9(4)13(15)16/h3H,1-2H3,(H,12,14). The molecule has 5 nitrogen and oxygen atoms in total. The number of benzene rings is 1. The number of nitro groups is 1. The molecule has 1 rings (SSSR count). The molecule has 86 valence electrons. The maximum Gasteiger partial charge on any atom is 0.298 e. The fourth-order valence-corrected chi connectivity index (χ4v) is 2.02. The fourth-order valence-electron chi connectivity index (χ4n) is 1.23. The van der Waals surface area contributed by atoms with Gasteiger partial charge < -0.3 is 5.32 Å². The second-order valence-corrected chi connectivity index (χ2v) is 4.39. The van der Waals surface area contributed by atoms with Gasteiger partial charge in [-0.2, -0.15) is 0 Å². The van der Waals surface area contributed by atoms with Crippen LogP contribution in [0.2, 0.25) is 5.02 Å². The lowest BCUT2D eigenvalue weighted by Gasteiger charge is -2.09. The van der Waals surface area contributed by atoms with Gasteiger partial charge in [0, 0.05) is 17.0 Å². The number of nitrogens with zero attached hydrogens (tertiary/aromatic N) is 1. The molecule has 0 aromatic heterocycles. The minimum atomic E-state index is -0.572. The Balaban J connectivity index is 3.50. The monoisotopic (exact) mass is 306 g/mol. The molecule has 1 aromatic rings. The zero-order valence-corrected chi connectivity index (χ0v) is 10.8. The number of hydrogen-bond donors (Lipinski definition) is 1. The number of carbonyl (C=O) groups excluding carboxylic acids is 1. The number of amides is 1. The molecule has 0 radical (unpaired) electrons. The van der Waals surface area contributed by atoms with E-state index in [4.69, 9.17) is 11.6 Å². The number of rotatable bonds is 2. The number of nitro benzene ring substituents is 1. The van der Waals surface area contributed by atoms with Gasteiger partial charge >= 0.3 is 0 Å². The van der Waals surface area contributed by atoms with E-state index in [2.05, 4.69) is 21.2 Å². The van der Waals surface area contributed by atoms with Crippen molar-refractivity contribution in [2.75, 3.05) is 5.32 Å². The van der Waals surface area contributed by atoms with E-state index >= 15 is 0 Å². The van der Waals surface area contributed by atoms with Crippen LogP contribution < -0.4 is 5.32 Å². The van der Waals surface area contributed by atoms with Gasteiger partial charge in [0.05, 0.1) is 9.95 Å². The number of hydrogen-bond acceptors (Lipinski definition) is 3. The molecule has 0 bridgehead atoms. The van der Waals surface area contributed by atoms with Gasteiger partial charge in [0.25, 0.3) is 5.69 Å². The van der Waals surface area contributed by atoms with Crippen LogP contribution in [0.3, 0.4) is 0 Å². The molecule has 1 aromatic carbocycles. The smallest absolute Gasteiger partial charge is 0.298 e. The van der Waals surface area contributed by atoms with E-state index in [1.165, 1.54) is 13.0 Å². The van der Waals surface area contributed by atoms with Crippen LogP contribution in [0.15, 0.2) is 10.5 Å². The molecule has 16 heavy (non-hydrogen) atoms. The summed E-state index contributed by atoms with van der Waals surface area (Å²) in [7, 11) is 0. The van der Waals surface area contributed by atoms with Gasteiger partial charge in [-0.25, -0.2) is 0 Å². The Morgan fingerprint density at radius 3 is 2.62 bits per heavy atom. The first-order chi connectivity index (χ1) is 7.34. The summed E-state index contributed by atoms with van der Waals surface area (Å²) in [6.45, 7) is 2.83. The zero-order chi connectivity index (χ0) is 12.5. The number of anilines is 1. The third kappa shape index (κ3) is 2.51. The van der Waals surface area contributed by atoms with Gasteiger partial charge in [0.2, 0.25) is 5.91 Å².